The van der Waals surface area contributed by atoms with Gasteiger partial charge in [-0.15, -0.1) is 0 Å². The summed E-state index contributed by atoms with van der Waals surface area (Å²) in [4.78, 5) is 26.8. The normalized spacial score (nSPS) is 10.9. The Labute approximate surface area is 107 Å². The summed E-state index contributed by atoms with van der Waals surface area (Å²) in [6.45, 7) is 7.22. The fourth-order valence-electron chi connectivity index (χ4n) is 1.45. The topological polar surface area (TPSA) is 68.3 Å². The average Bonchev–Trinajstić information content (AvgIpc) is 2.25. The van der Waals surface area contributed by atoms with Crippen molar-refractivity contribution in [2.24, 2.45) is 0 Å². The minimum absolute atomic E-state index is 0.394. The molecule has 1 N–H and O–H groups in total. The zero-order valence-electron chi connectivity index (χ0n) is 11.1. The molecule has 0 bridgehead atoms. The van der Waals surface area contributed by atoms with Crippen molar-refractivity contribution in [3.63, 3.8) is 0 Å². The highest BCUT2D eigenvalue weighted by atomic mass is 16.6. The number of amides is 1. The number of rotatable bonds is 3. The van der Waals surface area contributed by atoms with Gasteiger partial charge in [-0.25, -0.2) is 4.79 Å². The molecule has 0 saturated heterocycles. The van der Waals surface area contributed by atoms with E-state index in [-0.39, 0.29) is 0 Å². The third kappa shape index (κ3) is 3.84. The van der Waals surface area contributed by atoms with Crippen LogP contribution < -0.4 is 5.32 Å². The molecule has 18 heavy (non-hydrogen) atoms. The predicted octanol–water partition coefficient (Wildman–Crippen LogP) is 2.80. The molecule has 5 heteroatoms. The molecule has 1 heterocycles. The van der Waals surface area contributed by atoms with Crippen molar-refractivity contribution in [3.05, 3.63) is 23.5 Å². The molecule has 0 aliphatic rings. The molecule has 1 aromatic rings. The van der Waals surface area contributed by atoms with Gasteiger partial charge in [-0.2, -0.15) is 0 Å². The molecule has 1 amide bonds. The summed E-state index contributed by atoms with van der Waals surface area (Å²) < 4.78 is 5.13. The van der Waals surface area contributed by atoms with Crippen LogP contribution in [-0.4, -0.2) is 23.0 Å². The molecule has 0 aliphatic heterocycles. The summed E-state index contributed by atoms with van der Waals surface area (Å²) in [5.41, 5.74) is 0.891. The molecule has 0 aromatic carbocycles. The standard InChI is InChI=1S/C13H18N2O3/c1-5-10-9(8-16)11(6-7-14-10)15-12(17)18-13(2,3)4/h6-8H,5H2,1-4H3,(H,14,15,17). The summed E-state index contributed by atoms with van der Waals surface area (Å²) >= 11 is 0. The van der Waals surface area contributed by atoms with Gasteiger partial charge in [0.2, 0.25) is 0 Å². The summed E-state index contributed by atoms with van der Waals surface area (Å²) in [5, 5.41) is 2.56. The maximum Gasteiger partial charge on any atom is 0.412 e. The summed E-state index contributed by atoms with van der Waals surface area (Å²) in [7, 11) is 0. The van der Waals surface area contributed by atoms with Crippen LogP contribution in [0.25, 0.3) is 0 Å². The Morgan fingerprint density at radius 1 is 1.50 bits per heavy atom. The van der Waals surface area contributed by atoms with E-state index in [9.17, 15) is 9.59 Å². The Morgan fingerprint density at radius 3 is 2.67 bits per heavy atom. The fourth-order valence-corrected chi connectivity index (χ4v) is 1.45. The van der Waals surface area contributed by atoms with E-state index in [0.717, 1.165) is 0 Å². The first-order valence-electron chi connectivity index (χ1n) is 5.80. The molecule has 1 aromatic heterocycles. The lowest BCUT2D eigenvalue weighted by Gasteiger charge is -2.20. The number of nitrogens with zero attached hydrogens (tertiary/aromatic N) is 1. The van der Waals surface area contributed by atoms with Crippen LogP contribution in [0.15, 0.2) is 12.3 Å². The molecule has 0 saturated carbocycles. The number of ether oxygens (including phenoxy) is 1. The molecule has 5 nitrogen and oxygen atoms in total. The fraction of sp³-hybridized carbons (Fsp3) is 0.462. The van der Waals surface area contributed by atoms with E-state index in [2.05, 4.69) is 10.3 Å². The van der Waals surface area contributed by atoms with Crippen molar-refractivity contribution in [2.45, 2.75) is 39.7 Å². The van der Waals surface area contributed by atoms with Crippen LogP contribution in [0.1, 0.15) is 43.7 Å². The van der Waals surface area contributed by atoms with Crippen LogP contribution in [0, 0.1) is 0 Å². The second-order valence-electron chi connectivity index (χ2n) is 4.82. The Kier molecular flexibility index (Phi) is 4.42. The Balaban J connectivity index is 2.91. The lowest BCUT2D eigenvalue weighted by Crippen LogP contribution is -2.27. The van der Waals surface area contributed by atoms with Crippen LogP contribution in [0.4, 0.5) is 10.5 Å². The number of hydrogen-bond acceptors (Lipinski definition) is 4. The summed E-state index contributed by atoms with van der Waals surface area (Å²) in [6.07, 6.45) is 2.29. The zero-order chi connectivity index (χ0) is 13.8. The van der Waals surface area contributed by atoms with Crippen molar-refractivity contribution >= 4 is 18.1 Å². The molecule has 0 unspecified atom stereocenters. The third-order valence-corrected chi connectivity index (χ3v) is 2.16. The first-order valence-corrected chi connectivity index (χ1v) is 5.80. The van der Waals surface area contributed by atoms with E-state index in [1.165, 1.54) is 0 Å². The van der Waals surface area contributed by atoms with E-state index >= 15 is 0 Å². The number of carbonyl (C=O) groups is 2. The molecule has 98 valence electrons. The van der Waals surface area contributed by atoms with E-state index in [1.54, 1.807) is 33.0 Å². The van der Waals surface area contributed by atoms with Crippen molar-refractivity contribution in [2.75, 3.05) is 5.32 Å². The van der Waals surface area contributed by atoms with Crippen molar-refractivity contribution in [1.82, 2.24) is 4.98 Å². The minimum Gasteiger partial charge on any atom is -0.444 e. The van der Waals surface area contributed by atoms with Gasteiger partial charge in [0, 0.05) is 6.20 Å². The number of pyridine rings is 1. The van der Waals surface area contributed by atoms with E-state index in [4.69, 9.17) is 4.74 Å². The van der Waals surface area contributed by atoms with E-state index in [0.29, 0.717) is 29.7 Å². The van der Waals surface area contributed by atoms with Gasteiger partial charge in [-0.1, -0.05) is 6.92 Å². The van der Waals surface area contributed by atoms with Gasteiger partial charge in [0.1, 0.15) is 5.60 Å². The van der Waals surface area contributed by atoms with E-state index in [1.807, 2.05) is 6.92 Å². The number of hydrogen-bond donors (Lipinski definition) is 1. The maximum atomic E-state index is 11.6. The molecule has 0 spiro atoms. The van der Waals surface area contributed by atoms with Gasteiger partial charge in [0.05, 0.1) is 16.9 Å². The van der Waals surface area contributed by atoms with Crippen LogP contribution >= 0.6 is 0 Å². The van der Waals surface area contributed by atoms with Crippen molar-refractivity contribution in [1.29, 1.82) is 0 Å². The smallest absolute Gasteiger partial charge is 0.412 e. The minimum atomic E-state index is -0.584. The Bertz CT molecular complexity index is 450. The second-order valence-corrected chi connectivity index (χ2v) is 4.82. The lowest BCUT2D eigenvalue weighted by atomic mass is 10.1. The average molecular weight is 250 g/mol. The van der Waals surface area contributed by atoms with Crippen LogP contribution in [0.5, 0.6) is 0 Å². The van der Waals surface area contributed by atoms with Gasteiger partial charge in [0.25, 0.3) is 0 Å². The Hall–Kier alpha value is -1.91. The highest BCUT2D eigenvalue weighted by molar-refractivity contribution is 5.93. The lowest BCUT2D eigenvalue weighted by molar-refractivity contribution is 0.0636. The van der Waals surface area contributed by atoms with Crippen molar-refractivity contribution in [3.8, 4) is 0 Å². The monoisotopic (exact) mass is 250 g/mol. The van der Waals surface area contributed by atoms with Crippen LogP contribution in [-0.2, 0) is 11.2 Å². The number of aromatic nitrogens is 1. The second kappa shape index (κ2) is 5.62. The largest absolute Gasteiger partial charge is 0.444 e. The SMILES string of the molecule is CCc1nccc(NC(=O)OC(C)(C)C)c1C=O. The molecular formula is C13H18N2O3. The van der Waals surface area contributed by atoms with Gasteiger partial charge in [-0.3, -0.25) is 15.1 Å². The van der Waals surface area contributed by atoms with Crippen LogP contribution in [0.2, 0.25) is 0 Å². The number of carbonyl (C=O) groups excluding carboxylic acids is 2. The third-order valence-electron chi connectivity index (χ3n) is 2.16. The van der Waals surface area contributed by atoms with Crippen LogP contribution in [0.3, 0.4) is 0 Å². The number of anilines is 1. The predicted molar refractivity (Wildman–Crippen MR) is 68.9 cm³/mol. The van der Waals surface area contributed by atoms with Gasteiger partial charge >= 0.3 is 6.09 Å². The summed E-state index contributed by atoms with van der Waals surface area (Å²) in [5.74, 6) is 0. The van der Waals surface area contributed by atoms with Gasteiger partial charge in [0.15, 0.2) is 6.29 Å². The van der Waals surface area contributed by atoms with Gasteiger partial charge < -0.3 is 4.74 Å². The zero-order valence-corrected chi connectivity index (χ0v) is 11.1. The molecule has 0 radical (unpaired) electrons. The molecular weight excluding hydrogens is 232 g/mol. The first-order chi connectivity index (χ1) is 8.37. The first kappa shape index (κ1) is 14.2. The number of aryl methyl sites for hydroxylation is 1. The van der Waals surface area contributed by atoms with Gasteiger partial charge in [-0.05, 0) is 33.3 Å². The summed E-state index contributed by atoms with van der Waals surface area (Å²) in [6, 6.07) is 1.58. The molecule has 0 atom stereocenters. The van der Waals surface area contributed by atoms with Crippen molar-refractivity contribution < 1.29 is 14.3 Å². The maximum absolute atomic E-state index is 11.6. The number of nitrogens with one attached hydrogen (secondary N) is 1. The molecule has 0 aliphatic carbocycles. The highest BCUT2D eigenvalue weighted by Crippen LogP contribution is 2.18. The molecule has 1 rings (SSSR count). The highest BCUT2D eigenvalue weighted by Gasteiger charge is 2.17. The molecule has 0 fully saturated rings. The van der Waals surface area contributed by atoms with E-state index < -0.39 is 11.7 Å². The number of aldehydes is 1. The Morgan fingerprint density at radius 2 is 2.17 bits per heavy atom. The quantitative estimate of drug-likeness (QED) is 0.837.